The van der Waals surface area contributed by atoms with Gasteiger partial charge in [0.25, 0.3) is 0 Å². The van der Waals surface area contributed by atoms with E-state index in [9.17, 15) is 9.90 Å². The van der Waals surface area contributed by atoms with Crippen LogP contribution < -0.4 is 0 Å². The van der Waals surface area contributed by atoms with Crippen LogP contribution in [0, 0.1) is 0 Å². The molecule has 144 valence electrons. The van der Waals surface area contributed by atoms with Crippen LogP contribution in [-0.4, -0.2) is 66.0 Å². The molecule has 0 amide bonds. The van der Waals surface area contributed by atoms with Gasteiger partial charge in [0.1, 0.15) is 18.6 Å². The number of hydrogen-bond donors (Lipinski definition) is 1. The second-order valence-corrected chi connectivity index (χ2v) is 7.53. The highest BCUT2D eigenvalue weighted by Gasteiger charge is 2.58. The van der Waals surface area contributed by atoms with Gasteiger partial charge in [0.05, 0.1) is 26.6 Å². The summed E-state index contributed by atoms with van der Waals surface area (Å²) in [4.78, 5) is 12.8. The van der Waals surface area contributed by atoms with Crippen molar-refractivity contribution in [2.45, 2.75) is 57.5 Å². The maximum absolute atomic E-state index is 12.8. The highest BCUT2D eigenvalue weighted by molar-refractivity contribution is 5.78. The Labute approximate surface area is 155 Å². The molecule has 2 bridgehead atoms. The van der Waals surface area contributed by atoms with E-state index < -0.39 is 5.92 Å². The second kappa shape index (κ2) is 8.05. The largest absolute Gasteiger partial charge is 0.440 e. The summed E-state index contributed by atoms with van der Waals surface area (Å²) in [6, 6.07) is 9.63. The molecule has 2 aliphatic rings. The highest BCUT2D eigenvalue weighted by Crippen LogP contribution is 2.39. The molecule has 1 N–H and O–H groups in total. The van der Waals surface area contributed by atoms with Crippen molar-refractivity contribution in [3.05, 3.63) is 35.9 Å². The predicted molar refractivity (Wildman–Crippen MR) is 97.8 cm³/mol. The minimum atomic E-state index is -0.650. The fourth-order valence-corrected chi connectivity index (χ4v) is 4.31. The number of aliphatic hydroxyl groups excluding tert-OH is 1. The Morgan fingerprint density at radius 3 is 2.81 bits per heavy atom. The van der Waals surface area contributed by atoms with Crippen LogP contribution in [0.2, 0.25) is 0 Å². The average Bonchev–Trinajstić information content (AvgIpc) is 2.78. The molecule has 0 saturated carbocycles. The molecule has 2 heterocycles. The molecule has 6 unspecified atom stereocenters. The minimum absolute atomic E-state index is 0.0993. The smallest absolute Gasteiger partial charge is 0.317 e. The number of rotatable bonds is 7. The molecule has 0 radical (unpaired) electrons. The molecule has 6 nitrogen and oxygen atoms in total. The van der Waals surface area contributed by atoms with Crippen LogP contribution in [0.1, 0.15) is 44.6 Å². The first-order chi connectivity index (χ1) is 12.5. The Morgan fingerprint density at radius 1 is 1.42 bits per heavy atom. The first-order valence-electron chi connectivity index (χ1n) is 9.63. The van der Waals surface area contributed by atoms with E-state index in [1.54, 1.807) is 0 Å². The molecule has 1 aromatic carbocycles. The van der Waals surface area contributed by atoms with Crippen molar-refractivity contribution in [3.8, 4) is 0 Å². The summed E-state index contributed by atoms with van der Waals surface area (Å²) in [7, 11) is 2.22. The lowest BCUT2D eigenvalue weighted by molar-refractivity contribution is -1.04. The van der Waals surface area contributed by atoms with Crippen molar-refractivity contribution in [2.24, 2.45) is 0 Å². The van der Waals surface area contributed by atoms with E-state index in [-0.39, 0.29) is 25.0 Å². The Hall–Kier alpha value is -1.47. The third-order valence-electron chi connectivity index (χ3n) is 5.87. The fourth-order valence-electron chi connectivity index (χ4n) is 4.31. The van der Waals surface area contributed by atoms with Gasteiger partial charge in [-0.3, -0.25) is 4.79 Å². The molecular weight excluding hydrogens is 332 g/mol. The first kappa shape index (κ1) is 19.3. The number of likely N-dealkylation sites (N-methyl/N-ethyl adjacent to an activating group) is 1. The zero-order valence-corrected chi connectivity index (χ0v) is 16.0. The number of ether oxygens (including phenoxy) is 2. The van der Waals surface area contributed by atoms with E-state index in [0.717, 1.165) is 36.0 Å². The van der Waals surface area contributed by atoms with Crippen molar-refractivity contribution < 1.29 is 24.0 Å². The van der Waals surface area contributed by atoms with Gasteiger partial charge in [0.15, 0.2) is 6.23 Å². The van der Waals surface area contributed by atoms with Crippen molar-refractivity contribution >= 4 is 5.97 Å². The molecule has 6 heteroatoms. The van der Waals surface area contributed by atoms with Crippen LogP contribution >= 0.6 is 0 Å². The third-order valence-corrected chi connectivity index (χ3v) is 5.87. The Kier molecular flexibility index (Phi) is 5.97. The number of benzene rings is 1. The molecule has 26 heavy (non-hydrogen) atoms. The number of aliphatic hydroxyl groups is 1. The lowest BCUT2D eigenvalue weighted by atomic mass is 10.0. The number of esters is 1. The van der Waals surface area contributed by atoms with E-state index in [2.05, 4.69) is 19.0 Å². The maximum Gasteiger partial charge on any atom is 0.317 e. The molecule has 0 aliphatic carbocycles. The van der Waals surface area contributed by atoms with Crippen molar-refractivity contribution in [1.82, 2.24) is 5.01 Å². The topological polar surface area (TPSA) is 59.0 Å². The van der Waals surface area contributed by atoms with Crippen LogP contribution in [0.5, 0.6) is 0 Å². The van der Waals surface area contributed by atoms with Gasteiger partial charge in [-0.25, -0.2) is 4.59 Å². The van der Waals surface area contributed by atoms with Gasteiger partial charge in [0.2, 0.25) is 6.23 Å². The van der Waals surface area contributed by atoms with Gasteiger partial charge >= 0.3 is 5.97 Å². The molecule has 2 aliphatic heterocycles. The number of hydrogen-bond acceptors (Lipinski definition) is 5. The summed E-state index contributed by atoms with van der Waals surface area (Å²) < 4.78 is 12.6. The number of fused-ring (bicyclic) bond motifs is 2. The summed E-state index contributed by atoms with van der Waals surface area (Å²) in [5, 5.41) is 11.9. The minimum Gasteiger partial charge on any atom is -0.440 e. The molecule has 0 spiro atoms. The average molecular weight is 363 g/mol. The highest BCUT2D eigenvalue weighted by atomic mass is 16.6. The molecule has 0 aromatic heterocycles. The normalized spacial score (nSPS) is 34.5. The fraction of sp³-hybridized carbons (Fsp3) is 0.650. The van der Waals surface area contributed by atoms with E-state index >= 15 is 0 Å². The molecule has 3 rings (SSSR count). The van der Waals surface area contributed by atoms with Crippen molar-refractivity contribution in [1.29, 1.82) is 0 Å². The van der Waals surface area contributed by atoms with Gasteiger partial charge in [-0.15, -0.1) is 0 Å². The predicted octanol–water partition coefficient (Wildman–Crippen LogP) is 2.24. The quantitative estimate of drug-likeness (QED) is 0.595. The lowest BCUT2D eigenvalue weighted by Crippen LogP contribution is -2.66. The third kappa shape index (κ3) is 3.51. The van der Waals surface area contributed by atoms with Crippen LogP contribution in [0.25, 0.3) is 0 Å². The van der Waals surface area contributed by atoms with Crippen molar-refractivity contribution in [3.63, 3.8) is 0 Å². The van der Waals surface area contributed by atoms with E-state index in [4.69, 9.17) is 9.47 Å². The number of carbonyl (C=O) groups excluding carboxylic acids is 1. The Morgan fingerprint density at radius 2 is 2.15 bits per heavy atom. The van der Waals surface area contributed by atoms with E-state index in [1.807, 2.05) is 37.3 Å². The second-order valence-electron chi connectivity index (χ2n) is 7.53. The van der Waals surface area contributed by atoms with Crippen LogP contribution in [0.3, 0.4) is 0 Å². The van der Waals surface area contributed by atoms with Gasteiger partial charge in [-0.2, -0.15) is 0 Å². The van der Waals surface area contributed by atoms with Crippen LogP contribution in [0.4, 0.5) is 0 Å². The lowest BCUT2D eigenvalue weighted by Gasteiger charge is -2.47. The van der Waals surface area contributed by atoms with Crippen LogP contribution in [-0.2, 0) is 14.3 Å². The standard InChI is InChI=1S/C20H31N2O4/c1-4-5-11-22(3)17-12-19(21(22)15(2)25-14-17)26-20(24)18(13-23)16-9-7-6-8-10-16/h6-10,15,17-19,23H,4-5,11-14H2,1-3H3/q+1. The summed E-state index contributed by atoms with van der Waals surface area (Å²) >= 11 is 0. The summed E-state index contributed by atoms with van der Waals surface area (Å²) in [6.07, 6.45) is 2.61. The van der Waals surface area contributed by atoms with Crippen LogP contribution in [0.15, 0.2) is 30.3 Å². The zero-order valence-electron chi connectivity index (χ0n) is 16.0. The Balaban J connectivity index is 1.76. The number of carbonyl (C=O) groups is 1. The Bertz CT molecular complexity index is 611. The van der Waals surface area contributed by atoms with Gasteiger partial charge < -0.3 is 14.6 Å². The zero-order chi connectivity index (χ0) is 18.7. The molecular formula is C20H31N2O4+. The molecule has 6 atom stereocenters. The number of nitrogens with zero attached hydrogens (tertiary/aromatic N) is 2. The monoisotopic (exact) mass is 363 g/mol. The summed E-state index contributed by atoms with van der Waals surface area (Å²) in [5.74, 6) is -1.02. The number of quaternary nitrogens is 1. The summed E-state index contributed by atoms with van der Waals surface area (Å²) in [5.41, 5.74) is 0.781. The molecule has 2 fully saturated rings. The van der Waals surface area contributed by atoms with E-state index in [1.165, 1.54) is 0 Å². The van der Waals surface area contributed by atoms with E-state index in [0.29, 0.717) is 12.6 Å². The summed E-state index contributed by atoms with van der Waals surface area (Å²) in [6.45, 7) is 5.66. The van der Waals surface area contributed by atoms with Gasteiger partial charge in [-0.05, 0) is 18.9 Å². The first-order valence-corrected chi connectivity index (χ1v) is 9.63. The number of unbranched alkanes of at least 4 members (excludes halogenated alkanes) is 1. The molecule has 1 aromatic rings. The van der Waals surface area contributed by atoms with Crippen molar-refractivity contribution in [2.75, 3.05) is 26.8 Å². The molecule has 2 saturated heterocycles. The van der Waals surface area contributed by atoms with Gasteiger partial charge in [0, 0.05) is 0 Å². The van der Waals surface area contributed by atoms with Gasteiger partial charge in [-0.1, -0.05) is 48.7 Å². The maximum atomic E-state index is 12.8. The SMILES string of the molecule is CCCC[N+]1(C)C2COC(C)N1C(OC(=O)C(CO)c1ccccc1)C2.